The second kappa shape index (κ2) is 8.16. The molecule has 0 aliphatic rings. The Hall–Kier alpha value is -4.01. The van der Waals surface area contributed by atoms with Gasteiger partial charge in [0.15, 0.2) is 0 Å². The molecule has 8 nitrogen and oxygen atoms in total. The highest BCUT2D eigenvalue weighted by Crippen LogP contribution is 2.20. The van der Waals surface area contributed by atoms with E-state index < -0.39 is 23.4 Å². The molecule has 9 heteroatoms. The number of benzene rings is 1. The summed E-state index contributed by atoms with van der Waals surface area (Å²) in [5, 5.41) is 17.1. The van der Waals surface area contributed by atoms with Gasteiger partial charge >= 0.3 is 5.97 Å². The van der Waals surface area contributed by atoms with E-state index in [-0.39, 0.29) is 5.82 Å². The maximum Gasteiger partial charge on any atom is 0.326 e. The number of pyridine rings is 1. The number of H-pyrrole nitrogens is 1. The van der Waals surface area contributed by atoms with Crippen molar-refractivity contribution in [2.45, 2.75) is 18.9 Å². The highest BCUT2D eigenvalue weighted by Gasteiger charge is 2.19. The maximum atomic E-state index is 13.6. The Labute approximate surface area is 170 Å². The first kappa shape index (κ1) is 19.3. The van der Waals surface area contributed by atoms with Crippen LogP contribution in [0.15, 0.2) is 65.7 Å². The number of aliphatic carboxylic acids is 1. The van der Waals surface area contributed by atoms with Crippen LogP contribution in [0.25, 0.3) is 16.7 Å². The SMILES string of the molecule is O=C(O)C(CCc1ccccc1)Nc1ccc(=O)n(-c2c[nH]c3ncc(F)cc23)n1. The molecule has 3 aromatic heterocycles. The number of nitrogens with one attached hydrogen (secondary N) is 2. The molecule has 0 amide bonds. The normalized spacial score (nSPS) is 12.0. The fourth-order valence-electron chi connectivity index (χ4n) is 3.19. The lowest BCUT2D eigenvalue weighted by Gasteiger charge is -2.15. The summed E-state index contributed by atoms with van der Waals surface area (Å²) >= 11 is 0. The number of aromatic amines is 1. The Kier molecular flexibility index (Phi) is 5.25. The fourth-order valence-corrected chi connectivity index (χ4v) is 3.19. The van der Waals surface area contributed by atoms with Crippen molar-refractivity contribution in [3.05, 3.63) is 82.7 Å². The second-order valence-corrected chi connectivity index (χ2v) is 6.75. The van der Waals surface area contributed by atoms with E-state index in [0.29, 0.717) is 29.6 Å². The quantitative estimate of drug-likeness (QED) is 0.434. The monoisotopic (exact) mass is 407 g/mol. The summed E-state index contributed by atoms with van der Waals surface area (Å²) in [5.74, 6) is -1.35. The Morgan fingerprint density at radius 1 is 1.23 bits per heavy atom. The molecule has 152 valence electrons. The van der Waals surface area contributed by atoms with Gasteiger partial charge in [0.25, 0.3) is 5.56 Å². The van der Waals surface area contributed by atoms with Crippen molar-refractivity contribution in [2.24, 2.45) is 0 Å². The number of carbonyl (C=O) groups is 1. The topological polar surface area (TPSA) is 113 Å². The molecular weight excluding hydrogens is 389 g/mol. The van der Waals surface area contributed by atoms with Gasteiger partial charge in [-0.1, -0.05) is 30.3 Å². The molecule has 0 saturated heterocycles. The van der Waals surface area contributed by atoms with Crippen LogP contribution in [0.3, 0.4) is 0 Å². The summed E-state index contributed by atoms with van der Waals surface area (Å²) in [5.41, 5.74) is 1.31. The summed E-state index contributed by atoms with van der Waals surface area (Å²) in [4.78, 5) is 30.9. The average Bonchev–Trinajstić information content (AvgIpc) is 3.15. The Balaban J connectivity index is 1.61. The predicted molar refractivity (Wildman–Crippen MR) is 109 cm³/mol. The first-order valence-corrected chi connectivity index (χ1v) is 9.28. The minimum atomic E-state index is -1.02. The van der Waals surface area contributed by atoms with Gasteiger partial charge in [-0.3, -0.25) is 4.79 Å². The zero-order valence-electron chi connectivity index (χ0n) is 15.7. The lowest BCUT2D eigenvalue weighted by molar-refractivity contribution is -0.138. The second-order valence-electron chi connectivity index (χ2n) is 6.75. The molecule has 30 heavy (non-hydrogen) atoms. The highest BCUT2D eigenvalue weighted by atomic mass is 19.1. The summed E-state index contributed by atoms with van der Waals surface area (Å²) in [6, 6.07) is 12.6. The van der Waals surface area contributed by atoms with Gasteiger partial charge in [0.1, 0.15) is 23.3 Å². The summed E-state index contributed by atoms with van der Waals surface area (Å²) in [6.45, 7) is 0. The molecule has 1 aromatic carbocycles. The van der Waals surface area contributed by atoms with Crippen LogP contribution < -0.4 is 10.9 Å². The van der Waals surface area contributed by atoms with E-state index in [0.717, 1.165) is 16.4 Å². The number of fused-ring (bicyclic) bond motifs is 1. The van der Waals surface area contributed by atoms with Crippen LogP contribution in [0.4, 0.5) is 10.2 Å². The van der Waals surface area contributed by atoms with Gasteiger partial charge in [0, 0.05) is 17.6 Å². The molecule has 0 saturated carbocycles. The number of nitrogens with zero attached hydrogens (tertiary/aromatic N) is 3. The third-order valence-electron chi connectivity index (χ3n) is 4.69. The molecule has 1 atom stereocenters. The van der Waals surface area contributed by atoms with Crippen LogP contribution in [0, 0.1) is 5.82 Å². The van der Waals surface area contributed by atoms with Crippen molar-refractivity contribution in [3.8, 4) is 5.69 Å². The number of carboxylic acids is 1. The predicted octanol–water partition coefficient (Wildman–Crippen LogP) is 2.75. The van der Waals surface area contributed by atoms with Crippen LogP contribution in [0.2, 0.25) is 0 Å². The number of halogens is 1. The molecule has 3 N–H and O–H groups in total. The maximum absolute atomic E-state index is 13.6. The summed E-state index contributed by atoms with van der Waals surface area (Å²) in [7, 11) is 0. The molecule has 1 unspecified atom stereocenters. The van der Waals surface area contributed by atoms with Crippen molar-refractivity contribution in [1.82, 2.24) is 19.7 Å². The van der Waals surface area contributed by atoms with Crippen molar-refractivity contribution in [3.63, 3.8) is 0 Å². The van der Waals surface area contributed by atoms with Gasteiger partial charge in [-0.2, -0.15) is 4.68 Å². The van der Waals surface area contributed by atoms with E-state index in [1.165, 1.54) is 24.4 Å². The minimum absolute atomic E-state index is 0.216. The minimum Gasteiger partial charge on any atom is -0.480 e. The number of aryl methyl sites for hydroxylation is 1. The van der Waals surface area contributed by atoms with Crippen molar-refractivity contribution in [2.75, 3.05) is 5.32 Å². The number of anilines is 1. The number of carboxylic acid groups (broad SMARTS) is 1. The van der Waals surface area contributed by atoms with Gasteiger partial charge in [-0.25, -0.2) is 14.2 Å². The highest BCUT2D eigenvalue weighted by molar-refractivity contribution is 5.85. The number of hydrogen-bond acceptors (Lipinski definition) is 5. The van der Waals surface area contributed by atoms with E-state index >= 15 is 0 Å². The van der Waals surface area contributed by atoms with Gasteiger partial charge in [0.2, 0.25) is 0 Å². The fraction of sp³-hybridized carbons (Fsp3) is 0.143. The van der Waals surface area contributed by atoms with Gasteiger partial charge in [-0.15, -0.1) is 5.10 Å². The summed E-state index contributed by atoms with van der Waals surface area (Å²) in [6.07, 6.45) is 3.47. The zero-order chi connectivity index (χ0) is 21.1. The Morgan fingerprint density at radius 2 is 2.03 bits per heavy atom. The van der Waals surface area contributed by atoms with Gasteiger partial charge in [0.05, 0.1) is 11.9 Å². The van der Waals surface area contributed by atoms with Crippen molar-refractivity contribution < 1.29 is 14.3 Å². The van der Waals surface area contributed by atoms with Crippen LogP contribution in [-0.4, -0.2) is 36.9 Å². The lowest BCUT2D eigenvalue weighted by Crippen LogP contribution is -2.31. The molecule has 0 aliphatic carbocycles. The number of aromatic nitrogens is 4. The van der Waals surface area contributed by atoms with Crippen molar-refractivity contribution >= 4 is 22.8 Å². The Morgan fingerprint density at radius 3 is 2.80 bits per heavy atom. The number of hydrogen-bond donors (Lipinski definition) is 3. The first-order chi connectivity index (χ1) is 14.5. The standard InChI is InChI=1S/C21H18FN5O3/c22-14-10-15-17(12-24-20(15)23-11-14)27-19(28)9-8-18(26-27)25-16(21(29)30)7-6-13-4-2-1-3-5-13/h1-5,8-12,16H,6-7H2,(H,23,24)(H,25,26)(H,29,30). The largest absolute Gasteiger partial charge is 0.480 e. The Bertz CT molecular complexity index is 1250. The van der Waals surface area contributed by atoms with E-state index in [4.69, 9.17) is 0 Å². The van der Waals surface area contributed by atoms with E-state index in [1.54, 1.807) is 0 Å². The van der Waals surface area contributed by atoms with Gasteiger partial charge in [-0.05, 0) is 30.5 Å². The molecule has 0 aliphatic heterocycles. The van der Waals surface area contributed by atoms with Crippen molar-refractivity contribution in [1.29, 1.82) is 0 Å². The molecule has 4 rings (SSSR count). The third-order valence-corrected chi connectivity index (χ3v) is 4.69. The lowest BCUT2D eigenvalue weighted by atomic mass is 10.1. The molecule has 0 spiro atoms. The van der Waals surface area contributed by atoms with Crippen LogP contribution in [-0.2, 0) is 11.2 Å². The molecular formula is C21H18FN5O3. The molecule has 0 bridgehead atoms. The smallest absolute Gasteiger partial charge is 0.326 e. The molecule has 3 heterocycles. The van der Waals surface area contributed by atoms with E-state index in [1.807, 2.05) is 30.3 Å². The van der Waals surface area contributed by atoms with Gasteiger partial charge < -0.3 is 15.4 Å². The first-order valence-electron chi connectivity index (χ1n) is 9.28. The summed E-state index contributed by atoms with van der Waals surface area (Å²) < 4.78 is 14.7. The number of rotatable bonds is 7. The molecule has 4 aromatic rings. The third kappa shape index (κ3) is 4.04. The van der Waals surface area contributed by atoms with E-state index in [9.17, 15) is 19.1 Å². The zero-order valence-corrected chi connectivity index (χ0v) is 15.7. The van der Waals surface area contributed by atoms with Crippen LogP contribution >= 0.6 is 0 Å². The van der Waals surface area contributed by atoms with Crippen LogP contribution in [0.1, 0.15) is 12.0 Å². The average molecular weight is 407 g/mol. The van der Waals surface area contributed by atoms with E-state index in [2.05, 4.69) is 20.4 Å². The molecule has 0 fully saturated rings. The molecule has 0 radical (unpaired) electrons. The van der Waals surface area contributed by atoms with Crippen LogP contribution in [0.5, 0.6) is 0 Å².